The Labute approximate surface area is 140 Å². The molecule has 0 aromatic heterocycles. The maximum Gasteiger partial charge on any atom is 0.324 e. The third-order valence-corrected chi connectivity index (χ3v) is 3.98. The number of benzene rings is 1. The highest BCUT2D eigenvalue weighted by atomic mass is 16.5. The average Bonchev–Trinajstić information content (AvgIpc) is 2.96. The van der Waals surface area contributed by atoms with Crippen LogP contribution in [0.4, 0.5) is 0 Å². The molecule has 0 N–H and O–H groups in total. The first-order chi connectivity index (χ1) is 11.5. The summed E-state index contributed by atoms with van der Waals surface area (Å²) in [5, 5.41) is 18.7. The third kappa shape index (κ3) is 2.73. The molecule has 1 aliphatic rings. The molecule has 0 fully saturated rings. The lowest BCUT2D eigenvalue weighted by molar-refractivity contribution is -0.154. The fourth-order valence-electron chi connectivity index (χ4n) is 2.81. The summed E-state index contributed by atoms with van der Waals surface area (Å²) < 4.78 is 5.11. The van der Waals surface area contributed by atoms with Crippen molar-refractivity contribution in [3.05, 3.63) is 53.1 Å². The average molecular weight is 320 g/mol. The zero-order valence-corrected chi connectivity index (χ0v) is 13.5. The molecule has 0 spiro atoms. The van der Waals surface area contributed by atoms with E-state index in [4.69, 9.17) is 4.74 Å². The van der Waals surface area contributed by atoms with Gasteiger partial charge in [0, 0.05) is 5.57 Å². The smallest absolute Gasteiger partial charge is 0.324 e. The lowest BCUT2D eigenvalue weighted by Crippen LogP contribution is -2.39. The number of ether oxygens (including phenoxy) is 1. The lowest BCUT2D eigenvalue weighted by Gasteiger charge is -2.28. The molecule has 0 radical (unpaired) electrons. The molecule has 1 atom stereocenters. The van der Waals surface area contributed by atoms with Gasteiger partial charge in [-0.25, -0.2) is 0 Å². The molecule has 1 aliphatic carbocycles. The van der Waals surface area contributed by atoms with Crippen LogP contribution in [0.1, 0.15) is 24.5 Å². The summed E-state index contributed by atoms with van der Waals surface area (Å²) in [4.78, 5) is 25.2. The van der Waals surface area contributed by atoms with Crippen LogP contribution in [0.3, 0.4) is 0 Å². The van der Waals surface area contributed by atoms with Crippen LogP contribution in [0.5, 0.6) is 0 Å². The predicted molar refractivity (Wildman–Crippen MR) is 87.2 cm³/mol. The molecule has 0 heterocycles. The molecular weight excluding hydrogens is 304 g/mol. The largest absolute Gasteiger partial charge is 0.465 e. The Morgan fingerprint density at radius 1 is 1.25 bits per heavy atom. The first-order valence-corrected chi connectivity index (χ1v) is 7.51. The van der Waals surface area contributed by atoms with Gasteiger partial charge in [-0.15, -0.1) is 0 Å². The summed E-state index contributed by atoms with van der Waals surface area (Å²) in [6.45, 7) is 3.64. The highest BCUT2D eigenvalue weighted by Gasteiger charge is 2.52. The first-order valence-electron chi connectivity index (χ1n) is 7.51. The Kier molecular flexibility index (Phi) is 4.96. The summed E-state index contributed by atoms with van der Waals surface area (Å²) in [5.41, 5.74) is -0.352. The molecule has 24 heavy (non-hydrogen) atoms. The topological polar surface area (TPSA) is 90.9 Å². The normalized spacial score (nSPS) is 18.6. The first kappa shape index (κ1) is 17.2. The number of aryl methyl sites for hydroxylation is 1. The van der Waals surface area contributed by atoms with E-state index in [9.17, 15) is 20.1 Å². The van der Waals surface area contributed by atoms with E-state index in [0.29, 0.717) is 5.56 Å². The Hall–Kier alpha value is -3.18. The van der Waals surface area contributed by atoms with Crippen molar-refractivity contribution >= 4 is 17.3 Å². The summed E-state index contributed by atoms with van der Waals surface area (Å²) in [6, 6.07) is 10.6. The molecule has 1 aromatic rings. The van der Waals surface area contributed by atoms with Crippen molar-refractivity contribution in [3.8, 4) is 12.1 Å². The Morgan fingerprint density at radius 3 is 2.33 bits per heavy atom. The number of esters is 1. The van der Waals surface area contributed by atoms with Gasteiger partial charge in [0.25, 0.3) is 0 Å². The van der Waals surface area contributed by atoms with Crippen molar-refractivity contribution < 1.29 is 14.3 Å². The van der Waals surface area contributed by atoms with Crippen molar-refractivity contribution in [1.29, 1.82) is 10.5 Å². The standard InChI is InChI=1S/C19H16N2O3/c1-3-24-18(23)19(10-4-5-16(19)22)17(15(11-20)12-21)14-8-6-13(2)7-9-14/h4-9H,3,10H2,1-2H3. The summed E-state index contributed by atoms with van der Waals surface area (Å²) >= 11 is 0. The van der Waals surface area contributed by atoms with Crippen LogP contribution in [0, 0.1) is 35.0 Å². The van der Waals surface area contributed by atoms with Crippen LogP contribution in [-0.2, 0) is 14.3 Å². The van der Waals surface area contributed by atoms with Gasteiger partial charge in [-0.1, -0.05) is 35.9 Å². The minimum absolute atomic E-state index is 0.0702. The van der Waals surface area contributed by atoms with Crippen molar-refractivity contribution in [1.82, 2.24) is 0 Å². The van der Waals surface area contributed by atoms with Gasteiger partial charge in [-0.3, -0.25) is 9.59 Å². The summed E-state index contributed by atoms with van der Waals surface area (Å²) in [5.74, 6) is -1.21. The molecule has 5 heteroatoms. The van der Waals surface area contributed by atoms with Crippen molar-refractivity contribution in [3.63, 3.8) is 0 Å². The minimum Gasteiger partial charge on any atom is -0.465 e. The van der Waals surface area contributed by atoms with Crippen LogP contribution < -0.4 is 0 Å². The quantitative estimate of drug-likeness (QED) is 0.483. The number of ketones is 1. The molecule has 0 saturated heterocycles. The second-order valence-electron chi connectivity index (χ2n) is 5.44. The number of hydrogen-bond acceptors (Lipinski definition) is 5. The third-order valence-electron chi connectivity index (χ3n) is 3.98. The number of rotatable bonds is 4. The van der Waals surface area contributed by atoms with E-state index >= 15 is 0 Å². The second-order valence-corrected chi connectivity index (χ2v) is 5.44. The van der Waals surface area contributed by atoms with Gasteiger partial charge < -0.3 is 4.74 Å². The molecule has 2 rings (SSSR count). The Morgan fingerprint density at radius 2 is 1.88 bits per heavy atom. The summed E-state index contributed by atoms with van der Waals surface area (Å²) in [6.07, 6.45) is 2.94. The fraction of sp³-hybridized carbons (Fsp3) is 0.263. The highest BCUT2D eigenvalue weighted by molar-refractivity contribution is 6.21. The molecule has 1 aromatic carbocycles. The summed E-state index contributed by atoms with van der Waals surface area (Å²) in [7, 11) is 0. The van der Waals surface area contributed by atoms with Crippen LogP contribution in [0.2, 0.25) is 0 Å². The molecule has 0 amide bonds. The molecule has 0 bridgehead atoms. The Bertz CT molecular complexity index is 804. The minimum atomic E-state index is -1.67. The second kappa shape index (κ2) is 6.93. The monoisotopic (exact) mass is 320 g/mol. The van der Waals surface area contributed by atoms with Gasteiger partial charge >= 0.3 is 5.97 Å². The molecule has 1 unspecified atom stereocenters. The molecule has 0 saturated carbocycles. The van der Waals surface area contributed by atoms with Crippen molar-refractivity contribution in [2.75, 3.05) is 6.61 Å². The molecule has 5 nitrogen and oxygen atoms in total. The van der Waals surface area contributed by atoms with Crippen LogP contribution in [0.25, 0.3) is 5.57 Å². The predicted octanol–water partition coefficient (Wildman–Crippen LogP) is 2.87. The maximum atomic E-state index is 12.7. The van der Waals surface area contributed by atoms with Crippen molar-refractivity contribution in [2.24, 2.45) is 5.41 Å². The number of nitriles is 2. The molecular formula is C19H16N2O3. The van der Waals surface area contributed by atoms with Gasteiger partial charge in [0.2, 0.25) is 0 Å². The van der Waals surface area contributed by atoms with Crippen molar-refractivity contribution in [2.45, 2.75) is 20.3 Å². The van der Waals surface area contributed by atoms with Gasteiger partial charge in [-0.2, -0.15) is 10.5 Å². The van der Waals surface area contributed by atoms with E-state index in [-0.39, 0.29) is 24.2 Å². The zero-order valence-electron chi connectivity index (χ0n) is 13.5. The van der Waals surface area contributed by atoms with Gasteiger partial charge in [-0.05, 0) is 31.9 Å². The molecule has 120 valence electrons. The van der Waals surface area contributed by atoms with Crippen LogP contribution in [-0.4, -0.2) is 18.4 Å². The highest BCUT2D eigenvalue weighted by Crippen LogP contribution is 2.46. The SMILES string of the molecule is CCOC(=O)C1(C(=C(C#N)C#N)c2ccc(C)cc2)CC=CC1=O. The van der Waals surface area contributed by atoms with Crippen LogP contribution in [0.15, 0.2) is 42.0 Å². The number of allylic oxidation sites excluding steroid dienone is 3. The lowest BCUT2D eigenvalue weighted by atomic mass is 9.72. The number of carbonyl (C=O) groups excluding carboxylic acids is 2. The van der Waals surface area contributed by atoms with E-state index in [1.165, 1.54) is 6.08 Å². The molecule has 0 aliphatic heterocycles. The van der Waals surface area contributed by atoms with Crippen LogP contribution >= 0.6 is 0 Å². The van der Waals surface area contributed by atoms with Gasteiger partial charge in [0.05, 0.1) is 6.61 Å². The fourth-order valence-corrected chi connectivity index (χ4v) is 2.81. The van der Waals surface area contributed by atoms with E-state index in [2.05, 4.69) is 0 Å². The van der Waals surface area contributed by atoms with E-state index in [0.717, 1.165) is 5.56 Å². The number of hydrogen-bond donors (Lipinski definition) is 0. The Balaban J connectivity index is 2.78. The maximum absolute atomic E-state index is 12.7. The van der Waals surface area contributed by atoms with E-state index in [1.807, 2.05) is 19.1 Å². The van der Waals surface area contributed by atoms with E-state index < -0.39 is 17.2 Å². The van der Waals surface area contributed by atoms with Gasteiger partial charge in [0.15, 0.2) is 11.2 Å². The number of carbonyl (C=O) groups is 2. The van der Waals surface area contributed by atoms with E-state index in [1.54, 1.807) is 37.3 Å². The zero-order chi connectivity index (χ0) is 17.7. The van der Waals surface area contributed by atoms with Gasteiger partial charge in [0.1, 0.15) is 17.7 Å². The number of nitrogens with zero attached hydrogens (tertiary/aromatic N) is 2.